The van der Waals surface area contributed by atoms with Gasteiger partial charge < -0.3 is 9.08 Å². The van der Waals surface area contributed by atoms with Crippen LogP contribution in [0.15, 0.2) is 12.1 Å². The summed E-state index contributed by atoms with van der Waals surface area (Å²) in [6, 6.07) is 3.61. The first kappa shape index (κ1) is 19.7. The Bertz CT molecular complexity index is 943. The smallest absolute Gasteiger partial charge is 0.375 e. The first-order chi connectivity index (χ1) is 13.0. The number of carbonyl (C=O) groups is 1. The number of benzene rings is 1. The van der Waals surface area contributed by atoms with Gasteiger partial charge in [-0.05, 0) is 56.8 Å². The third kappa shape index (κ3) is 2.77. The predicted molar refractivity (Wildman–Crippen MR) is 95.5 cm³/mol. The molecule has 2 aliphatic carbocycles. The number of hydrogen-bond acceptors (Lipinski definition) is 5. The van der Waals surface area contributed by atoms with Crippen molar-refractivity contribution >= 4 is 15.9 Å². The molecule has 0 unspecified atom stereocenters. The maximum Gasteiger partial charge on any atom is 0.534 e. The van der Waals surface area contributed by atoms with Gasteiger partial charge in [-0.2, -0.15) is 21.6 Å². The van der Waals surface area contributed by atoms with Crippen LogP contribution in [0, 0.1) is 12.8 Å². The molecule has 154 valence electrons. The van der Waals surface area contributed by atoms with Crippen LogP contribution in [0.3, 0.4) is 0 Å². The van der Waals surface area contributed by atoms with Crippen molar-refractivity contribution in [1.29, 1.82) is 0 Å². The first-order valence-corrected chi connectivity index (χ1v) is 10.7. The Hall–Kier alpha value is -1.61. The molecular formula is C19H22F3NO4S. The summed E-state index contributed by atoms with van der Waals surface area (Å²) in [4.78, 5) is 14.6. The number of hydrogen-bond donors (Lipinski definition) is 0. The highest BCUT2D eigenvalue weighted by Crippen LogP contribution is 2.57. The van der Waals surface area contributed by atoms with Gasteiger partial charge in [0.15, 0.2) is 0 Å². The van der Waals surface area contributed by atoms with Gasteiger partial charge in [-0.3, -0.25) is 4.79 Å². The van der Waals surface area contributed by atoms with Crippen molar-refractivity contribution in [3.05, 3.63) is 28.8 Å². The maximum absolute atomic E-state index is 13.0. The Morgan fingerprint density at radius 3 is 2.68 bits per heavy atom. The summed E-state index contributed by atoms with van der Waals surface area (Å²) in [5.74, 6) is -0.0785. The molecule has 1 saturated carbocycles. The number of nitrogens with zero attached hydrogens (tertiary/aromatic N) is 1. The highest BCUT2D eigenvalue weighted by Gasteiger charge is 2.57. The van der Waals surface area contributed by atoms with E-state index in [2.05, 4.69) is 4.90 Å². The van der Waals surface area contributed by atoms with Crippen LogP contribution in [0.1, 0.15) is 42.4 Å². The summed E-state index contributed by atoms with van der Waals surface area (Å²) >= 11 is 0. The lowest BCUT2D eigenvalue weighted by Gasteiger charge is -2.58. The number of likely N-dealkylation sites (tertiary alicyclic amines) is 1. The van der Waals surface area contributed by atoms with Crippen LogP contribution in [0.25, 0.3) is 0 Å². The fraction of sp³-hybridized carbons (Fsp3) is 0.632. The molecule has 1 aliphatic heterocycles. The Morgan fingerprint density at radius 1 is 1.29 bits per heavy atom. The molecule has 3 atom stereocenters. The normalized spacial score (nSPS) is 30.5. The SMILES string of the molecule is Cc1ccc2c(c1OS(=O)(=O)C(F)(F)F)[C@]13CCN(C)[C@H](C2)[C@@H]1CCC(=O)C3. The third-order valence-electron chi connectivity index (χ3n) is 6.74. The van der Waals surface area contributed by atoms with Crippen molar-refractivity contribution in [1.82, 2.24) is 4.90 Å². The highest BCUT2D eigenvalue weighted by molar-refractivity contribution is 7.88. The fourth-order valence-corrected chi connectivity index (χ4v) is 6.01. The van der Waals surface area contributed by atoms with Gasteiger partial charge in [-0.15, -0.1) is 0 Å². The lowest BCUT2D eigenvalue weighted by molar-refractivity contribution is -0.126. The number of halogens is 3. The van der Waals surface area contributed by atoms with Gasteiger partial charge in [0.2, 0.25) is 0 Å². The zero-order valence-corrected chi connectivity index (χ0v) is 16.5. The minimum atomic E-state index is -5.79. The molecular weight excluding hydrogens is 395 g/mol. The van der Waals surface area contributed by atoms with Crippen LogP contribution in [-0.4, -0.2) is 44.2 Å². The van der Waals surface area contributed by atoms with Crippen molar-refractivity contribution in [2.45, 2.75) is 56.0 Å². The van der Waals surface area contributed by atoms with Crippen LogP contribution in [0.4, 0.5) is 13.2 Å². The van der Waals surface area contributed by atoms with Crippen molar-refractivity contribution < 1.29 is 30.6 Å². The second-order valence-corrected chi connectivity index (χ2v) is 9.79. The molecule has 5 nitrogen and oxygen atoms in total. The second kappa shape index (κ2) is 6.19. The molecule has 28 heavy (non-hydrogen) atoms. The Labute approximate surface area is 162 Å². The van der Waals surface area contributed by atoms with Crippen LogP contribution in [-0.2, 0) is 26.7 Å². The van der Waals surface area contributed by atoms with E-state index in [0.717, 1.165) is 5.56 Å². The van der Waals surface area contributed by atoms with Gasteiger partial charge in [-0.1, -0.05) is 12.1 Å². The molecule has 0 aromatic heterocycles. The molecule has 0 radical (unpaired) electrons. The standard InChI is InChI=1S/C19H22F3NO4S/c1-11-3-4-12-9-15-14-6-5-13(24)10-18(14,7-8-23(15)2)16(12)17(11)27-28(25,26)19(20,21)22/h3-4,14-15H,5-10H2,1-2H3/t14-,15+,18-/m0/s1. The van der Waals surface area contributed by atoms with Crippen molar-refractivity contribution in [2.75, 3.05) is 13.6 Å². The lowest BCUT2D eigenvalue weighted by Crippen LogP contribution is -2.61. The van der Waals surface area contributed by atoms with Gasteiger partial charge in [-0.25, -0.2) is 0 Å². The number of fused-ring (bicyclic) bond motifs is 1. The van der Waals surface area contributed by atoms with E-state index in [1.165, 1.54) is 0 Å². The minimum Gasteiger partial charge on any atom is -0.375 e. The Balaban J connectivity index is 1.93. The zero-order chi connectivity index (χ0) is 20.5. The van der Waals surface area contributed by atoms with E-state index in [1.807, 2.05) is 13.1 Å². The Morgan fingerprint density at radius 2 is 2.00 bits per heavy atom. The van der Waals surface area contributed by atoms with E-state index in [9.17, 15) is 26.4 Å². The maximum atomic E-state index is 13.0. The van der Waals surface area contributed by atoms with Gasteiger partial charge in [0.05, 0.1) is 0 Å². The molecule has 1 heterocycles. The van der Waals surface area contributed by atoms with Crippen LogP contribution in [0.5, 0.6) is 5.75 Å². The number of rotatable bonds is 2. The topological polar surface area (TPSA) is 63.7 Å². The molecule has 2 bridgehead atoms. The van der Waals surface area contributed by atoms with E-state index in [1.54, 1.807) is 13.0 Å². The van der Waals surface area contributed by atoms with E-state index in [4.69, 9.17) is 4.18 Å². The molecule has 1 saturated heterocycles. The van der Waals surface area contributed by atoms with E-state index in [-0.39, 0.29) is 29.9 Å². The van der Waals surface area contributed by atoms with E-state index < -0.39 is 21.0 Å². The molecule has 0 amide bonds. The highest BCUT2D eigenvalue weighted by atomic mass is 32.2. The molecule has 2 fully saturated rings. The summed E-state index contributed by atoms with van der Waals surface area (Å²) in [5, 5.41) is 0. The number of carbonyl (C=O) groups excluding carboxylic acids is 1. The van der Waals surface area contributed by atoms with Gasteiger partial charge >= 0.3 is 15.6 Å². The van der Waals surface area contributed by atoms with E-state index in [0.29, 0.717) is 43.4 Å². The van der Waals surface area contributed by atoms with Crippen molar-refractivity contribution in [2.24, 2.45) is 5.92 Å². The number of Topliss-reactive ketones (excluding diaryl/α,β-unsaturated/α-hetero) is 1. The van der Waals surface area contributed by atoms with E-state index >= 15 is 0 Å². The summed E-state index contributed by atoms with van der Waals surface area (Å²) in [6.07, 6.45) is 2.53. The van der Waals surface area contributed by atoms with Crippen LogP contribution < -0.4 is 4.18 Å². The number of ketones is 1. The summed E-state index contributed by atoms with van der Waals surface area (Å²) in [5.41, 5.74) is -4.56. The summed E-state index contributed by atoms with van der Waals surface area (Å²) < 4.78 is 67.3. The molecule has 1 aromatic carbocycles. The van der Waals surface area contributed by atoms with Gasteiger partial charge in [0.25, 0.3) is 0 Å². The largest absolute Gasteiger partial charge is 0.534 e. The fourth-order valence-electron chi connectivity index (χ4n) is 5.48. The minimum absolute atomic E-state index is 0.0681. The first-order valence-electron chi connectivity index (χ1n) is 9.32. The van der Waals surface area contributed by atoms with Crippen molar-refractivity contribution in [3.8, 4) is 5.75 Å². The van der Waals surface area contributed by atoms with Gasteiger partial charge in [0, 0.05) is 29.9 Å². The molecule has 9 heteroatoms. The summed E-state index contributed by atoms with van der Waals surface area (Å²) in [6.45, 7) is 2.24. The van der Waals surface area contributed by atoms with Crippen molar-refractivity contribution in [3.63, 3.8) is 0 Å². The summed E-state index contributed by atoms with van der Waals surface area (Å²) in [7, 11) is -3.77. The lowest BCUT2D eigenvalue weighted by atomic mass is 9.52. The molecule has 1 aromatic rings. The number of aryl methyl sites for hydroxylation is 1. The third-order valence-corrected chi connectivity index (χ3v) is 7.70. The van der Waals surface area contributed by atoms with Crippen LogP contribution >= 0.6 is 0 Å². The molecule has 0 spiro atoms. The number of likely N-dealkylation sites (N-methyl/N-ethyl adjacent to an activating group) is 1. The molecule has 0 N–H and O–H groups in total. The average Bonchev–Trinajstić information content (AvgIpc) is 2.59. The number of piperidine rings is 1. The second-order valence-electron chi connectivity index (χ2n) is 8.25. The quantitative estimate of drug-likeness (QED) is 0.547. The average molecular weight is 417 g/mol. The molecule has 4 rings (SSSR count). The van der Waals surface area contributed by atoms with Crippen LogP contribution in [0.2, 0.25) is 0 Å². The molecule has 3 aliphatic rings. The predicted octanol–water partition coefficient (Wildman–Crippen LogP) is 3.09. The van der Waals surface area contributed by atoms with Gasteiger partial charge in [0.1, 0.15) is 11.5 Å². The Kier molecular flexibility index (Phi) is 4.36. The zero-order valence-electron chi connectivity index (χ0n) is 15.7. The number of alkyl halides is 3. The monoisotopic (exact) mass is 417 g/mol.